The minimum Gasteiger partial charge on any atom is -0.378 e. The molecule has 0 saturated heterocycles. The van der Waals surface area contributed by atoms with E-state index in [2.05, 4.69) is 10.3 Å². The van der Waals surface area contributed by atoms with Crippen molar-refractivity contribution in [3.63, 3.8) is 0 Å². The van der Waals surface area contributed by atoms with Crippen molar-refractivity contribution in [2.75, 3.05) is 14.1 Å². The third-order valence-corrected chi connectivity index (χ3v) is 3.68. The summed E-state index contributed by atoms with van der Waals surface area (Å²) >= 11 is 22.4. The minimum atomic E-state index is -2.24. The Morgan fingerprint density at radius 2 is 2.13 bits per heavy atom. The van der Waals surface area contributed by atoms with E-state index in [1.165, 1.54) is 18.1 Å². The summed E-state index contributed by atoms with van der Waals surface area (Å²) in [5.74, 6) is 0.00350. The molecule has 0 saturated carbocycles. The zero-order chi connectivity index (χ0) is 17.8. The fourth-order valence-corrected chi connectivity index (χ4v) is 2.26. The largest absolute Gasteiger partial charge is 0.378 e. The van der Waals surface area contributed by atoms with E-state index in [1.54, 1.807) is 19.2 Å². The van der Waals surface area contributed by atoms with Crippen LogP contribution in [0.15, 0.2) is 29.8 Å². The van der Waals surface area contributed by atoms with Gasteiger partial charge < -0.3 is 15.3 Å². The average molecular weight is 404 g/mol. The highest BCUT2D eigenvalue weighted by molar-refractivity contribution is 6.68. The Morgan fingerprint density at radius 1 is 1.52 bits per heavy atom. The summed E-state index contributed by atoms with van der Waals surface area (Å²) in [4.78, 5) is 15.9. The van der Waals surface area contributed by atoms with Crippen molar-refractivity contribution >= 4 is 46.4 Å². The summed E-state index contributed by atoms with van der Waals surface area (Å²) in [6, 6.07) is 3.31. The number of aliphatic hydroxyl groups is 1. The second-order valence-electron chi connectivity index (χ2n) is 4.53. The number of aromatic nitrogens is 1. The van der Waals surface area contributed by atoms with Crippen LogP contribution in [0, 0.1) is 10.1 Å². The van der Waals surface area contributed by atoms with Crippen LogP contribution in [0.5, 0.6) is 0 Å². The van der Waals surface area contributed by atoms with Crippen LogP contribution < -0.4 is 5.32 Å². The number of nitrogens with zero attached hydrogens (tertiary/aromatic N) is 3. The summed E-state index contributed by atoms with van der Waals surface area (Å²) in [5, 5.41) is 24.3. The van der Waals surface area contributed by atoms with E-state index in [1.807, 2.05) is 0 Å². The zero-order valence-electron chi connectivity index (χ0n) is 12.1. The quantitative estimate of drug-likeness (QED) is 0.328. The number of nitro groups is 1. The van der Waals surface area contributed by atoms with E-state index >= 15 is 0 Å². The molecular weight excluding hydrogens is 390 g/mol. The van der Waals surface area contributed by atoms with Gasteiger partial charge in [-0.25, -0.2) is 4.98 Å². The van der Waals surface area contributed by atoms with Crippen molar-refractivity contribution in [3.8, 4) is 0 Å². The molecule has 0 aliphatic rings. The second kappa shape index (κ2) is 8.21. The third-order valence-electron chi connectivity index (χ3n) is 2.84. The SMILES string of the molecule is CN/C(=C(\C(O)C(Cl)(Cl)Cl)[N+](=O)[O-])N(C)Cc1ccc(Cl)nc1. The van der Waals surface area contributed by atoms with Gasteiger partial charge in [0.2, 0.25) is 3.79 Å². The van der Waals surface area contributed by atoms with Gasteiger partial charge in [-0.15, -0.1) is 0 Å². The van der Waals surface area contributed by atoms with Crippen LogP contribution in [0.2, 0.25) is 5.15 Å². The lowest BCUT2D eigenvalue weighted by molar-refractivity contribution is -0.438. The first-order chi connectivity index (χ1) is 10.6. The fraction of sp³-hybridized carbons (Fsp3) is 0.417. The van der Waals surface area contributed by atoms with Gasteiger partial charge in [0.25, 0.3) is 0 Å². The monoisotopic (exact) mass is 402 g/mol. The van der Waals surface area contributed by atoms with Gasteiger partial charge in [0.1, 0.15) is 5.15 Å². The fourth-order valence-electron chi connectivity index (χ4n) is 1.84. The van der Waals surface area contributed by atoms with Gasteiger partial charge in [0.15, 0.2) is 11.9 Å². The van der Waals surface area contributed by atoms with Crippen molar-refractivity contribution < 1.29 is 10.0 Å². The molecule has 11 heteroatoms. The number of hydrogen-bond donors (Lipinski definition) is 2. The number of alkyl halides is 3. The highest BCUT2D eigenvalue weighted by Crippen LogP contribution is 2.35. The molecule has 0 fully saturated rings. The molecule has 23 heavy (non-hydrogen) atoms. The van der Waals surface area contributed by atoms with Gasteiger partial charge in [-0.3, -0.25) is 10.1 Å². The van der Waals surface area contributed by atoms with Crippen molar-refractivity contribution in [1.82, 2.24) is 15.2 Å². The van der Waals surface area contributed by atoms with Gasteiger partial charge in [-0.05, 0) is 11.6 Å². The molecule has 0 aliphatic carbocycles. The van der Waals surface area contributed by atoms with Crippen LogP contribution in [0.4, 0.5) is 0 Å². The third kappa shape index (κ3) is 5.54. The Bertz CT molecular complexity index is 589. The smallest absolute Gasteiger partial charge is 0.318 e. The molecule has 0 amide bonds. The molecule has 128 valence electrons. The second-order valence-corrected chi connectivity index (χ2v) is 7.29. The molecule has 1 aromatic heterocycles. The molecule has 0 radical (unpaired) electrons. The number of pyridine rings is 1. The number of hydrogen-bond acceptors (Lipinski definition) is 6. The Morgan fingerprint density at radius 3 is 2.52 bits per heavy atom. The maximum Gasteiger partial charge on any atom is 0.318 e. The summed E-state index contributed by atoms with van der Waals surface area (Å²) in [7, 11) is 3.04. The first kappa shape index (κ1) is 20.1. The molecule has 2 N–H and O–H groups in total. The van der Waals surface area contributed by atoms with Crippen molar-refractivity contribution in [2.24, 2.45) is 0 Å². The zero-order valence-corrected chi connectivity index (χ0v) is 15.2. The Labute approximate surface area is 152 Å². The number of halogens is 4. The van der Waals surface area contributed by atoms with Crippen molar-refractivity contribution in [1.29, 1.82) is 0 Å². The molecule has 1 atom stereocenters. The lowest BCUT2D eigenvalue weighted by atomic mass is 10.2. The highest BCUT2D eigenvalue weighted by Gasteiger charge is 2.43. The Kier molecular flexibility index (Phi) is 7.16. The first-order valence-corrected chi connectivity index (χ1v) is 7.71. The molecule has 1 rings (SSSR count). The predicted octanol–water partition coefficient (Wildman–Crippen LogP) is 2.56. The normalized spacial score (nSPS) is 14.0. The summed E-state index contributed by atoms with van der Waals surface area (Å²) < 4.78 is -2.24. The maximum atomic E-state index is 11.3. The number of aliphatic hydroxyl groups excluding tert-OH is 1. The van der Waals surface area contributed by atoms with Crippen molar-refractivity contribution in [3.05, 3.63) is 50.7 Å². The number of rotatable bonds is 6. The Hall–Kier alpha value is -0.990. The molecule has 0 aromatic carbocycles. The van der Waals surface area contributed by atoms with Crippen LogP contribution in [-0.2, 0) is 6.54 Å². The average Bonchev–Trinajstić information content (AvgIpc) is 2.44. The van der Waals surface area contributed by atoms with Crippen LogP contribution in [0.3, 0.4) is 0 Å². The maximum absolute atomic E-state index is 11.3. The van der Waals surface area contributed by atoms with Crippen LogP contribution in [-0.4, -0.2) is 43.9 Å². The van der Waals surface area contributed by atoms with E-state index in [4.69, 9.17) is 46.4 Å². The van der Waals surface area contributed by atoms with Crippen LogP contribution >= 0.6 is 46.4 Å². The molecule has 1 unspecified atom stereocenters. The highest BCUT2D eigenvalue weighted by atomic mass is 35.6. The predicted molar refractivity (Wildman–Crippen MR) is 90.1 cm³/mol. The molecule has 0 bridgehead atoms. The molecule has 7 nitrogen and oxygen atoms in total. The van der Waals surface area contributed by atoms with Crippen LogP contribution in [0.25, 0.3) is 0 Å². The lowest BCUT2D eigenvalue weighted by Crippen LogP contribution is -2.38. The van der Waals surface area contributed by atoms with Crippen LogP contribution in [0.1, 0.15) is 5.56 Å². The molecule has 1 heterocycles. The molecular formula is C12H14Cl4N4O3. The molecule has 0 aliphatic heterocycles. The standard InChI is InChI=1S/C12H14Cl4N4O3/c1-17-11(9(20(22)23)10(21)12(14,15)16)19(2)6-7-3-4-8(13)18-5-7/h3-5,10,17,21H,6H2,1-2H3/b11-9-. The van der Waals surface area contributed by atoms with Crippen molar-refractivity contribution in [2.45, 2.75) is 16.4 Å². The van der Waals surface area contributed by atoms with Gasteiger partial charge in [-0.1, -0.05) is 52.5 Å². The number of nitrogens with one attached hydrogen (secondary N) is 1. The minimum absolute atomic E-state index is 0.00350. The Balaban J connectivity index is 3.18. The molecule has 1 aromatic rings. The van der Waals surface area contributed by atoms with E-state index in [0.717, 1.165) is 5.56 Å². The van der Waals surface area contributed by atoms with E-state index in [0.29, 0.717) is 5.15 Å². The van der Waals surface area contributed by atoms with E-state index in [-0.39, 0.29) is 12.4 Å². The lowest BCUT2D eigenvalue weighted by Gasteiger charge is -2.25. The topological polar surface area (TPSA) is 91.5 Å². The summed E-state index contributed by atoms with van der Waals surface area (Å²) in [6.07, 6.45) is -0.390. The molecule has 0 spiro atoms. The van der Waals surface area contributed by atoms with Gasteiger partial charge in [-0.2, -0.15) is 0 Å². The van der Waals surface area contributed by atoms with E-state index < -0.39 is 20.5 Å². The first-order valence-electron chi connectivity index (χ1n) is 6.20. The summed E-state index contributed by atoms with van der Waals surface area (Å²) in [5.41, 5.74) is 0.0904. The van der Waals surface area contributed by atoms with Gasteiger partial charge in [0.05, 0.1) is 4.92 Å². The van der Waals surface area contributed by atoms with Gasteiger partial charge >= 0.3 is 5.70 Å². The summed E-state index contributed by atoms with van der Waals surface area (Å²) in [6.45, 7) is 0.254. The van der Waals surface area contributed by atoms with Gasteiger partial charge in [0, 0.05) is 26.8 Å². The van der Waals surface area contributed by atoms with E-state index in [9.17, 15) is 15.2 Å².